The van der Waals surface area contributed by atoms with Gasteiger partial charge < -0.3 is 15.0 Å². The molecule has 1 unspecified atom stereocenters. The lowest BCUT2D eigenvalue weighted by Gasteiger charge is -2.24. The van der Waals surface area contributed by atoms with E-state index in [-0.39, 0.29) is 5.54 Å². The van der Waals surface area contributed by atoms with E-state index in [1.165, 1.54) is 0 Å². The van der Waals surface area contributed by atoms with Crippen LogP contribution in [0.15, 0.2) is 12.4 Å². The third-order valence-corrected chi connectivity index (χ3v) is 2.34. The maximum absolute atomic E-state index is 6.14. The normalized spacial score (nSPS) is 15.2. The molecule has 1 rings (SSSR count). The van der Waals surface area contributed by atoms with Gasteiger partial charge in [0.25, 0.3) is 0 Å². The van der Waals surface area contributed by atoms with Crippen molar-refractivity contribution in [2.45, 2.75) is 39.3 Å². The van der Waals surface area contributed by atoms with Gasteiger partial charge in [0.05, 0.1) is 6.61 Å². The van der Waals surface area contributed by atoms with E-state index in [9.17, 15) is 0 Å². The molecule has 86 valence electrons. The van der Waals surface area contributed by atoms with Crippen LogP contribution in [0.5, 0.6) is 0 Å². The molecule has 0 aliphatic heterocycles. The number of rotatable bonds is 6. The van der Waals surface area contributed by atoms with Gasteiger partial charge in [-0.05, 0) is 20.8 Å². The average Bonchev–Trinajstić information content (AvgIpc) is 2.61. The van der Waals surface area contributed by atoms with Crippen molar-refractivity contribution in [1.29, 1.82) is 0 Å². The molecule has 15 heavy (non-hydrogen) atoms. The van der Waals surface area contributed by atoms with Crippen molar-refractivity contribution in [3.05, 3.63) is 18.2 Å². The first-order chi connectivity index (χ1) is 7.09. The first-order valence-corrected chi connectivity index (χ1v) is 5.45. The fourth-order valence-corrected chi connectivity index (χ4v) is 1.54. The minimum atomic E-state index is -0.339. The molecule has 1 atom stereocenters. The van der Waals surface area contributed by atoms with Crippen molar-refractivity contribution in [3.8, 4) is 0 Å². The quantitative estimate of drug-likeness (QED) is 0.769. The van der Waals surface area contributed by atoms with Crippen molar-refractivity contribution in [2.24, 2.45) is 5.73 Å². The maximum Gasteiger partial charge on any atom is 0.110 e. The molecule has 0 spiro atoms. The topological polar surface area (TPSA) is 53.1 Å². The predicted octanol–water partition coefficient (Wildman–Crippen LogP) is 1.20. The van der Waals surface area contributed by atoms with Crippen LogP contribution in [-0.2, 0) is 17.7 Å². The molecule has 0 aliphatic rings. The van der Waals surface area contributed by atoms with Gasteiger partial charge in [-0.2, -0.15) is 0 Å². The summed E-state index contributed by atoms with van der Waals surface area (Å²) < 4.78 is 7.47. The van der Waals surface area contributed by atoms with Gasteiger partial charge in [-0.15, -0.1) is 0 Å². The Hall–Kier alpha value is -0.870. The zero-order chi connectivity index (χ0) is 11.3. The fourth-order valence-electron chi connectivity index (χ4n) is 1.54. The Labute approximate surface area is 91.4 Å². The lowest BCUT2D eigenvalue weighted by molar-refractivity contribution is 0.100. The van der Waals surface area contributed by atoms with Crippen LogP contribution in [0.25, 0.3) is 0 Å². The first kappa shape index (κ1) is 12.2. The third-order valence-electron chi connectivity index (χ3n) is 2.34. The summed E-state index contributed by atoms with van der Waals surface area (Å²) in [5, 5.41) is 0. The van der Waals surface area contributed by atoms with E-state index in [1.54, 1.807) is 0 Å². The molecule has 0 radical (unpaired) electrons. The van der Waals surface area contributed by atoms with E-state index in [1.807, 2.05) is 26.2 Å². The van der Waals surface area contributed by atoms with E-state index in [4.69, 9.17) is 10.5 Å². The largest absolute Gasteiger partial charge is 0.380 e. The second kappa shape index (κ2) is 5.28. The molecule has 4 heteroatoms. The van der Waals surface area contributed by atoms with Gasteiger partial charge in [-0.3, -0.25) is 0 Å². The van der Waals surface area contributed by atoms with E-state index >= 15 is 0 Å². The summed E-state index contributed by atoms with van der Waals surface area (Å²) in [5.74, 6) is 1.03. The van der Waals surface area contributed by atoms with Crippen molar-refractivity contribution in [3.63, 3.8) is 0 Å². The molecular weight excluding hydrogens is 190 g/mol. The number of aryl methyl sites for hydroxylation is 1. The van der Waals surface area contributed by atoms with E-state index in [2.05, 4.69) is 16.5 Å². The molecular formula is C11H21N3O. The second-order valence-corrected chi connectivity index (χ2v) is 4.10. The standard InChI is InChI=1S/C11H21N3O/c1-4-14-7-6-13-10(14)8-11(3,12)9-15-5-2/h6-7H,4-5,8-9,12H2,1-3H3. The zero-order valence-corrected chi connectivity index (χ0v) is 9.86. The molecule has 0 saturated heterocycles. The maximum atomic E-state index is 6.14. The number of ether oxygens (including phenoxy) is 1. The lowest BCUT2D eigenvalue weighted by atomic mass is 10.0. The summed E-state index contributed by atoms with van der Waals surface area (Å²) in [6, 6.07) is 0. The van der Waals surface area contributed by atoms with Crippen molar-refractivity contribution in [2.75, 3.05) is 13.2 Å². The highest BCUT2D eigenvalue weighted by atomic mass is 16.5. The van der Waals surface area contributed by atoms with Crippen molar-refractivity contribution in [1.82, 2.24) is 9.55 Å². The monoisotopic (exact) mass is 211 g/mol. The van der Waals surface area contributed by atoms with Crippen LogP contribution in [0.2, 0.25) is 0 Å². The number of hydrogen-bond donors (Lipinski definition) is 1. The highest BCUT2D eigenvalue weighted by Gasteiger charge is 2.21. The Kier molecular flexibility index (Phi) is 4.29. The number of nitrogens with two attached hydrogens (primary N) is 1. The number of aromatic nitrogens is 2. The van der Waals surface area contributed by atoms with Gasteiger partial charge in [0.2, 0.25) is 0 Å². The number of imidazole rings is 1. The lowest BCUT2D eigenvalue weighted by Crippen LogP contribution is -2.44. The predicted molar refractivity (Wildman–Crippen MR) is 60.7 cm³/mol. The smallest absolute Gasteiger partial charge is 0.110 e. The number of nitrogens with zero attached hydrogens (tertiary/aromatic N) is 2. The van der Waals surface area contributed by atoms with Gasteiger partial charge in [0.1, 0.15) is 5.82 Å². The van der Waals surface area contributed by atoms with Crippen LogP contribution in [0, 0.1) is 0 Å². The third kappa shape index (κ3) is 3.64. The van der Waals surface area contributed by atoms with Gasteiger partial charge in [-0.25, -0.2) is 4.98 Å². The second-order valence-electron chi connectivity index (χ2n) is 4.10. The molecule has 0 amide bonds. The first-order valence-electron chi connectivity index (χ1n) is 5.45. The summed E-state index contributed by atoms with van der Waals surface area (Å²) in [6.07, 6.45) is 4.54. The summed E-state index contributed by atoms with van der Waals surface area (Å²) in [7, 11) is 0. The molecule has 2 N–H and O–H groups in total. The summed E-state index contributed by atoms with van der Waals surface area (Å²) in [5.41, 5.74) is 5.80. The van der Waals surface area contributed by atoms with Crippen molar-refractivity contribution < 1.29 is 4.74 Å². The van der Waals surface area contributed by atoms with Gasteiger partial charge in [0.15, 0.2) is 0 Å². The molecule has 0 fully saturated rings. The molecule has 1 aromatic heterocycles. The fraction of sp³-hybridized carbons (Fsp3) is 0.727. The Morgan fingerprint density at radius 1 is 1.53 bits per heavy atom. The zero-order valence-electron chi connectivity index (χ0n) is 9.86. The van der Waals surface area contributed by atoms with Crippen LogP contribution < -0.4 is 5.73 Å². The molecule has 0 aliphatic carbocycles. The van der Waals surface area contributed by atoms with Crippen LogP contribution in [-0.4, -0.2) is 28.3 Å². The van der Waals surface area contributed by atoms with Gasteiger partial charge in [-0.1, -0.05) is 0 Å². The van der Waals surface area contributed by atoms with E-state index in [0.29, 0.717) is 13.2 Å². The van der Waals surface area contributed by atoms with Crippen LogP contribution in [0.4, 0.5) is 0 Å². The Bertz CT molecular complexity index is 294. The molecule has 0 aromatic carbocycles. The summed E-state index contributed by atoms with van der Waals surface area (Å²) in [6.45, 7) is 8.27. The number of hydrogen-bond acceptors (Lipinski definition) is 3. The highest BCUT2D eigenvalue weighted by molar-refractivity contribution is 4.99. The van der Waals surface area contributed by atoms with Crippen LogP contribution >= 0.6 is 0 Å². The minimum Gasteiger partial charge on any atom is -0.380 e. The minimum absolute atomic E-state index is 0.339. The highest BCUT2D eigenvalue weighted by Crippen LogP contribution is 2.10. The Morgan fingerprint density at radius 3 is 2.87 bits per heavy atom. The average molecular weight is 211 g/mol. The summed E-state index contributed by atoms with van der Waals surface area (Å²) in [4.78, 5) is 4.31. The van der Waals surface area contributed by atoms with E-state index in [0.717, 1.165) is 18.8 Å². The Morgan fingerprint density at radius 2 is 2.27 bits per heavy atom. The molecule has 1 heterocycles. The summed E-state index contributed by atoms with van der Waals surface area (Å²) >= 11 is 0. The Balaban J connectivity index is 2.59. The molecule has 4 nitrogen and oxygen atoms in total. The van der Waals surface area contributed by atoms with Gasteiger partial charge >= 0.3 is 0 Å². The van der Waals surface area contributed by atoms with Gasteiger partial charge in [0, 0.05) is 37.5 Å². The molecule has 1 aromatic rings. The molecule has 0 saturated carbocycles. The van der Waals surface area contributed by atoms with E-state index < -0.39 is 0 Å². The van der Waals surface area contributed by atoms with Crippen molar-refractivity contribution >= 4 is 0 Å². The van der Waals surface area contributed by atoms with Crippen LogP contribution in [0.3, 0.4) is 0 Å². The SMILES string of the molecule is CCOCC(C)(N)Cc1nccn1CC. The molecule has 0 bridgehead atoms. The van der Waals surface area contributed by atoms with Crippen LogP contribution in [0.1, 0.15) is 26.6 Å².